The average molecular weight is 575 g/mol. The summed E-state index contributed by atoms with van der Waals surface area (Å²) >= 11 is 8.27. The predicted molar refractivity (Wildman–Crippen MR) is 165 cm³/mol. The molecular weight excluding hydrogens is 540 g/mol. The Hall–Kier alpha value is -3.19. The Morgan fingerprint density at radius 2 is 1.57 bits per heavy atom. The highest BCUT2D eigenvalue weighted by Gasteiger charge is 2.33. The highest BCUT2D eigenvalue weighted by Crippen LogP contribution is 2.38. The lowest BCUT2D eigenvalue weighted by atomic mass is 9.89. The van der Waals surface area contributed by atoms with E-state index in [4.69, 9.17) is 16.3 Å². The van der Waals surface area contributed by atoms with E-state index in [9.17, 15) is 9.59 Å². The van der Waals surface area contributed by atoms with Crippen LogP contribution in [0.25, 0.3) is 21.2 Å². The third-order valence-electron chi connectivity index (χ3n) is 8.07. The number of carbonyl (C=O) groups excluding carboxylic acids is 2. The summed E-state index contributed by atoms with van der Waals surface area (Å²) in [6, 6.07) is 22.2. The van der Waals surface area contributed by atoms with Crippen LogP contribution in [0, 0.1) is 0 Å². The summed E-state index contributed by atoms with van der Waals surface area (Å²) in [5.74, 6) is 0.754. The van der Waals surface area contributed by atoms with Gasteiger partial charge in [0.15, 0.2) is 5.78 Å². The molecule has 0 saturated heterocycles. The van der Waals surface area contributed by atoms with E-state index in [0.717, 1.165) is 58.2 Å². The summed E-state index contributed by atoms with van der Waals surface area (Å²) in [7, 11) is 5.92. The molecule has 0 radical (unpaired) electrons. The fourth-order valence-corrected chi connectivity index (χ4v) is 7.17. The van der Waals surface area contributed by atoms with E-state index in [-0.39, 0.29) is 17.7 Å². The van der Waals surface area contributed by atoms with Gasteiger partial charge >= 0.3 is 0 Å². The number of nitrogens with zero attached hydrogens (tertiary/aromatic N) is 2. The quantitative estimate of drug-likeness (QED) is 0.200. The molecule has 3 aromatic carbocycles. The van der Waals surface area contributed by atoms with Crippen LogP contribution in [0.3, 0.4) is 0 Å². The molecule has 7 heteroatoms. The number of fused-ring (bicyclic) bond motifs is 1. The Kier molecular flexibility index (Phi) is 8.60. The normalized spacial score (nSPS) is 17.2. The van der Waals surface area contributed by atoms with Crippen molar-refractivity contribution in [3.8, 4) is 16.9 Å². The number of ether oxygens (including phenoxy) is 1. The molecule has 0 atom stereocenters. The fraction of sp³-hybridized carbons (Fsp3) is 0.333. The third kappa shape index (κ3) is 5.80. The molecule has 1 fully saturated rings. The summed E-state index contributed by atoms with van der Waals surface area (Å²) < 4.78 is 6.78. The highest BCUT2D eigenvalue weighted by atomic mass is 35.5. The van der Waals surface area contributed by atoms with Crippen LogP contribution in [0.4, 0.5) is 0 Å². The van der Waals surface area contributed by atoms with Crippen LogP contribution in [0.15, 0.2) is 66.7 Å². The van der Waals surface area contributed by atoms with Crippen molar-refractivity contribution >= 4 is 44.7 Å². The monoisotopic (exact) mass is 574 g/mol. The van der Waals surface area contributed by atoms with Gasteiger partial charge in [-0.25, -0.2) is 0 Å². The van der Waals surface area contributed by atoms with Crippen LogP contribution in [0.1, 0.15) is 58.2 Å². The number of amides is 1. The van der Waals surface area contributed by atoms with Gasteiger partial charge in [-0.2, -0.15) is 0 Å². The Bertz CT molecular complexity index is 1520. The first-order chi connectivity index (χ1) is 19.3. The molecule has 1 heterocycles. The van der Waals surface area contributed by atoms with Crippen LogP contribution in [0.2, 0.25) is 5.02 Å². The van der Waals surface area contributed by atoms with Gasteiger partial charge in [0.2, 0.25) is 0 Å². The van der Waals surface area contributed by atoms with E-state index in [0.29, 0.717) is 28.0 Å². The van der Waals surface area contributed by atoms with Gasteiger partial charge in [0.25, 0.3) is 5.91 Å². The van der Waals surface area contributed by atoms with Gasteiger partial charge in [0.05, 0.1) is 12.1 Å². The van der Waals surface area contributed by atoms with Gasteiger partial charge in [-0.1, -0.05) is 60.1 Å². The second-order valence-electron chi connectivity index (χ2n) is 10.8. The zero-order chi connectivity index (χ0) is 28.4. The lowest BCUT2D eigenvalue weighted by Crippen LogP contribution is -2.44. The van der Waals surface area contributed by atoms with Crippen molar-refractivity contribution < 1.29 is 14.3 Å². The number of benzene rings is 3. The lowest BCUT2D eigenvalue weighted by Gasteiger charge is -2.39. The summed E-state index contributed by atoms with van der Waals surface area (Å²) in [5, 5.41) is 1.45. The first-order valence-electron chi connectivity index (χ1n) is 13.7. The summed E-state index contributed by atoms with van der Waals surface area (Å²) in [6.07, 6.45) is 3.96. The van der Waals surface area contributed by atoms with Gasteiger partial charge in [0.1, 0.15) is 10.6 Å². The number of thiophene rings is 1. The maximum Gasteiger partial charge on any atom is 0.266 e. The topological polar surface area (TPSA) is 49.9 Å². The average Bonchev–Trinajstić information content (AvgIpc) is 3.31. The number of rotatable bonds is 8. The second-order valence-corrected chi connectivity index (χ2v) is 12.2. The minimum absolute atomic E-state index is 0.0298. The van der Waals surface area contributed by atoms with Crippen LogP contribution >= 0.6 is 22.9 Å². The Morgan fingerprint density at radius 1 is 0.925 bits per heavy atom. The molecule has 1 aliphatic rings. The zero-order valence-corrected chi connectivity index (χ0v) is 25.0. The van der Waals surface area contributed by atoms with Crippen LogP contribution in [-0.4, -0.2) is 54.8 Å². The van der Waals surface area contributed by atoms with Gasteiger partial charge in [-0.05, 0) is 76.0 Å². The molecule has 4 aromatic rings. The molecule has 0 unspecified atom stereocenters. The van der Waals surface area contributed by atoms with Gasteiger partial charge < -0.3 is 14.5 Å². The summed E-state index contributed by atoms with van der Waals surface area (Å²) in [6.45, 7) is 1.99. The minimum atomic E-state index is -0.0298. The molecule has 0 N–H and O–H groups in total. The molecule has 1 aromatic heterocycles. The summed E-state index contributed by atoms with van der Waals surface area (Å²) in [4.78, 5) is 30.9. The molecule has 0 aliphatic heterocycles. The van der Waals surface area contributed by atoms with Crippen LogP contribution < -0.4 is 4.74 Å². The lowest BCUT2D eigenvalue weighted by molar-refractivity contribution is 0.0573. The van der Waals surface area contributed by atoms with Crippen molar-refractivity contribution in [1.82, 2.24) is 9.80 Å². The van der Waals surface area contributed by atoms with E-state index in [1.165, 1.54) is 11.3 Å². The van der Waals surface area contributed by atoms with Crippen molar-refractivity contribution in [2.45, 2.75) is 51.2 Å². The largest absolute Gasteiger partial charge is 0.496 e. The zero-order valence-electron chi connectivity index (χ0n) is 23.4. The van der Waals surface area contributed by atoms with E-state index in [1.807, 2.05) is 65.6 Å². The molecule has 40 heavy (non-hydrogen) atoms. The highest BCUT2D eigenvalue weighted by molar-refractivity contribution is 7.21. The Labute approximate surface area is 245 Å². The molecular formula is C33H35ClN2O3S. The van der Waals surface area contributed by atoms with Crippen molar-refractivity contribution in [1.29, 1.82) is 0 Å². The molecule has 1 aliphatic carbocycles. The maximum atomic E-state index is 14.3. The predicted octanol–water partition coefficient (Wildman–Crippen LogP) is 7.95. The fourth-order valence-electron chi connectivity index (χ4n) is 5.70. The minimum Gasteiger partial charge on any atom is -0.496 e. The first kappa shape index (κ1) is 28.3. The SMILES string of the molecule is COc1ccc(-c2ccc(C(C)=O)cc2)cc1CN(C(=O)c1sc2ccccc2c1Cl)[C@H]1CC[C@H](N(C)C)CC1. The summed E-state index contributed by atoms with van der Waals surface area (Å²) in [5.41, 5.74) is 3.64. The Balaban J connectivity index is 1.51. The van der Waals surface area contributed by atoms with E-state index >= 15 is 0 Å². The van der Waals surface area contributed by atoms with Gasteiger partial charge in [-0.3, -0.25) is 9.59 Å². The molecule has 5 nitrogen and oxygen atoms in total. The number of methoxy groups -OCH3 is 1. The molecule has 0 bridgehead atoms. The van der Waals surface area contributed by atoms with Crippen LogP contribution in [0.5, 0.6) is 5.75 Å². The maximum absolute atomic E-state index is 14.3. The smallest absolute Gasteiger partial charge is 0.266 e. The van der Waals surface area contributed by atoms with E-state index < -0.39 is 0 Å². The second kappa shape index (κ2) is 12.1. The number of hydrogen-bond acceptors (Lipinski definition) is 5. The molecule has 1 amide bonds. The standard InChI is InChI=1S/C33H35ClN2O3S/c1-21(37)22-9-11-23(12-10-22)24-13-18-29(39-4)25(19-24)20-36(27-16-14-26(15-17-27)35(2)3)33(38)32-31(34)28-7-5-6-8-30(28)40-32/h5-13,18-19,26-27H,14-17,20H2,1-4H3/t26-,27-. The number of Topliss-reactive ketones (excluding diaryl/α,β-unsaturated/α-hetero) is 1. The van der Waals surface area contributed by atoms with Crippen molar-refractivity contribution in [3.05, 3.63) is 87.8 Å². The number of carbonyl (C=O) groups is 2. The number of ketones is 1. The van der Waals surface area contributed by atoms with Gasteiger partial charge in [-0.15, -0.1) is 11.3 Å². The number of halogens is 1. The first-order valence-corrected chi connectivity index (χ1v) is 14.9. The van der Waals surface area contributed by atoms with Gasteiger partial charge in [0, 0.05) is 39.8 Å². The van der Waals surface area contributed by atoms with Crippen molar-refractivity contribution in [2.24, 2.45) is 0 Å². The van der Waals surface area contributed by atoms with Crippen LogP contribution in [-0.2, 0) is 6.54 Å². The van der Waals surface area contributed by atoms with Crippen molar-refractivity contribution in [2.75, 3.05) is 21.2 Å². The van der Waals surface area contributed by atoms with E-state index in [2.05, 4.69) is 25.1 Å². The molecule has 5 rings (SSSR count). The van der Waals surface area contributed by atoms with Crippen molar-refractivity contribution in [3.63, 3.8) is 0 Å². The Morgan fingerprint density at radius 3 is 2.20 bits per heavy atom. The number of hydrogen-bond donors (Lipinski definition) is 0. The molecule has 1 saturated carbocycles. The molecule has 0 spiro atoms. The molecule has 208 valence electrons. The third-order valence-corrected chi connectivity index (χ3v) is 9.74. The van der Waals surface area contributed by atoms with E-state index in [1.54, 1.807) is 14.0 Å².